The molecular formula is C13H16O4. The molecule has 0 radical (unpaired) electrons. The third kappa shape index (κ3) is 3.24. The van der Waals surface area contributed by atoms with E-state index < -0.39 is 5.97 Å². The first-order chi connectivity index (χ1) is 7.95. The van der Waals surface area contributed by atoms with Gasteiger partial charge in [0.05, 0.1) is 7.11 Å². The van der Waals surface area contributed by atoms with Gasteiger partial charge >= 0.3 is 5.97 Å². The molecule has 0 saturated carbocycles. The van der Waals surface area contributed by atoms with Gasteiger partial charge in [-0.25, -0.2) is 4.79 Å². The average Bonchev–Trinajstić information content (AvgIpc) is 2.24. The zero-order valence-electron chi connectivity index (χ0n) is 10.1. The Morgan fingerprint density at radius 1 is 1.29 bits per heavy atom. The fourth-order valence-corrected chi connectivity index (χ4v) is 1.56. The Morgan fingerprint density at radius 3 is 2.24 bits per heavy atom. The number of hydrogen-bond donors (Lipinski definition) is 2. The summed E-state index contributed by atoms with van der Waals surface area (Å²) in [5, 5.41) is 19.5. The summed E-state index contributed by atoms with van der Waals surface area (Å²) in [6.45, 7) is 3.75. The average molecular weight is 236 g/mol. The van der Waals surface area contributed by atoms with E-state index in [2.05, 4.69) is 4.74 Å². The molecule has 0 bridgehead atoms. The minimum absolute atomic E-state index is 0.0181. The van der Waals surface area contributed by atoms with Crippen molar-refractivity contribution in [3.8, 4) is 11.5 Å². The van der Waals surface area contributed by atoms with Gasteiger partial charge in [-0.1, -0.05) is 13.8 Å². The van der Waals surface area contributed by atoms with Crippen molar-refractivity contribution in [2.45, 2.75) is 19.8 Å². The third-order valence-electron chi connectivity index (χ3n) is 2.35. The van der Waals surface area contributed by atoms with Crippen LogP contribution in [0.3, 0.4) is 0 Å². The summed E-state index contributed by atoms with van der Waals surface area (Å²) in [7, 11) is 1.28. The maximum atomic E-state index is 10.9. The number of phenolic OH excluding ortho intramolecular Hbond substituents is 2. The first-order valence-electron chi connectivity index (χ1n) is 5.27. The van der Waals surface area contributed by atoms with Gasteiger partial charge in [-0.15, -0.1) is 0 Å². The molecule has 1 rings (SSSR count). The van der Waals surface area contributed by atoms with Gasteiger partial charge in [0.25, 0.3) is 0 Å². The molecule has 0 aliphatic heterocycles. The molecule has 0 unspecified atom stereocenters. The zero-order chi connectivity index (χ0) is 13.0. The van der Waals surface area contributed by atoms with E-state index in [0.717, 1.165) is 0 Å². The lowest BCUT2D eigenvalue weighted by atomic mass is 9.99. The Hall–Kier alpha value is -1.97. The van der Waals surface area contributed by atoms with Crippen LogP contribution in [0.1, 0.15) is 30.9 Å². The number of benzene rings is 1. The Morgan fingerprint density at radius 2 is 1.82 bits per heavy atom. The molecule has 0 heterocycles. The molecule has 4 heteroatoms. The van der Waals surface area contributed by atoms with E-state index in [1.165, 1.54) is 31.4 Å². The second kappa shape index (κ2) is 5.39. The Kier molecular flexibility index (Phi) is 4.15. The number of phenols is 2. The third-order valence-corrected chi connectivity index (χ3v) is 2.35. The summed E-state index contributed by atoms with van der Waals surface area (Å²) in [6, 6.07) is 2.99. The van der Waals surface area contributed by atoms with Crippen molar-refractivity contribution in [3.63, 3.8) is 0 Å². The van der Waals surface area contributed by atoms with E-state index in [1.54, 1.807) is 0 Å². The Bertz CT molecular complexity index is 424. The number of esters is 1. The van der Waals surface area contributed by atoms with Crippen LogP contribution in [0.2, 0.25) is 0 Å². The van der Waals surface area contributed by atoms with Crippen molar-refractivity contribution in [3.05, 3.63) is 29.3 Å². The van der Waals surface area contributed by atoms with E-state index in [-0.39, 0.29) is 17.4 Å². The molecule has 0 saturated heterocycles. The summed E-state index contributed by atoms with van der Waals surface area (Å²) >= 11 is 0. The van der Waals surface area contributed by atoms with Crippen LogP contribution < -0.4 is 0 Å². The van der Waals surface area contributed by atoms with Crippen molar-refractivity contribution < 1.29 is 19.7 Å². The summed E-state index contributed by atoms with van der Waals surface area (Å²) in [5.41, 5.74) is 1.04. The number of carbonyl (C=O) groups is 1. The van der Waals surface area contributed by atoms with Crippen molar-refractivity contribution in [1.29, 1.82) is 0 Å². The van der Waals surface area contributed by atoms with Crippen LogP contribution in [0, 0.1) is 0 Å². The quantitative estimate of drug-likeness (QED) is 0.624. The number of methoxy groups -OCH3 is 1. The van der Waals surface area contributed by atoms with Gasteiger partial charge in [-0.2, -0.15) is 0 Å². The van der Waals surface area contributed by atoms with Gasteiger partial charge < -0.3 is 14.9 Å². The topological polar surface area (TPSA) is 66.8 Å². The van der Waals surface area contributed by atoms with Crippen molar-refractivity contribution in [1.82, 2.24) is 0 Å². The zero-order valence-corrected chi connectivity index (χ0v) is 10.1. The van der Waals surface area contributed by atoms with Crippen LogP contribution in [0.15, 0.2) is 18.2 Å². The molecule has 17 heavy (non-hydrogen) atoms. The van der Waals surface area contributed by atoms with Crippen LogP contribution >= 0.6 is 0 Å². The molecular weight excluding hydrogens is 220 g/mol. The highest BCUT2D eigenvalue weighted by atomic mass is 16.5. The lowest BCUT2D eigenvalue weighted by Crippen LogP contribution is -1.94. The summed E-state index contributed by atoms with van der Waals surface area (Å²) < 4.78 is 4.44. The Balaban J connectivity index is 3.06. The number of aromatic hydroxyl groups is 2. The smallest absolute Gasteiger partial charge is 0.330 e. The van der Waals surface area contributed by atoms with E-state index in [0.29, 0.717) is 11.1 Å². The number of rotatable bonds is 3. The monoisotopic (exact) mass is 236 g/mol. The van der Waals surface area contributed by atoms with E-state index in [4.69, 9.17) is 0 Å². The van der Waals surface area contributed by atoms with Crippen molar-refractivity contribution >= 4 is 12.0 Å². The van der Waals surface area contributed by atoms with Crippen molar-refractivity contribution in [2.75, 3.05) is 7.11 Å². The first kappa shape index (κ1) is 13.1. The second-order valence-electron chi connectivity index (χ2n) is 3.98. The van der Waals surface area contributed by atoms with Crippen LogP contribution in [0.4, 0.5) is 0 Å². The van der Waals surface area contributed by atoms with Crippen molar-refractivity contribution in [2.24, 2.45) is 0 Å². The maximum absolute atomic E-state index is 10.9. The molecule has 0 fully saturated rings. The van der Waals surface area contributed by atoms with Gasteiger partial charge in [0.1, 0.15) is 11.5 Å². The highest BCUT2D eigenvalue weighted by Crippen LogP contribution is 2.35. The van der Waals surface area contributed by atoms with E-state index in [1.807, 2.05) is 13.8 Å². The summed E-state index contributed by atoms with van der Waals surface area (Å²) in [4.78, 5) is 10.9. The molecule has 0 atom stereocenters. The predicted molar refractivity (Wildman–Crippen MR) is 64.9 cm³/mol. The van der Waals surface area contributed by atoms with Crippen LogP contribution in [-0.2, 0) is 9.53 Å². The largest absolute Gasteiger partial charge is 0.507 e. The van der Waals surface area contributed by atoms with Gasteiger partial charge in [0, 0.05) is 11.6 Å². The number of ether oxygens (including phenoxy) is 1. The van der Waals surface area contributed by atoms with Crippen LogP contribution in [0.5, 0.6) is 11.5 Å². The number of hydrogen-bond acceptors (Lipinski definition) is 4. The summed E-state index contributed by atoms with van der Waals surface area (Å²) in [6.07, 6.45) is 2.69. The van der Waals surface area contributed by atoms with E-state index >= 15 is 0 Å². The normalized spacial score (nSPS) is 11.1. The van der Waals surface area contributed by atoms with Crippen LogP contribution in [-0.4, -0.2) is 23.3 Å². The van der Waals surface area contributed by atoms with Gasteiger partial charge in [0.15, 0.2) is 0 Å². The van der Waals surface area contributed by atoms with Gasteiger partial charge in [0.2, 0.25) is 0 Å². The minimum Gasteiger partial charge on any atom is -0.507 e. The van der Waals surface area contributed by atoms with Crippen LogP contribution in [0.25, 0.3) is 6.08 Å². The highest BCUT2D eigenvalue weighted by molar-refractivity contribution is 5.87. The summed E-state index contributed by atoms with van der Waals surface area (Å²) in [5.74, 6) is -0.431. The molecule has 4 nitrogen and oxygen atoms in total. The SMILES string of the molecule is COC(=O)/C=C/c1cc(O)c(C(C)C)c(O)c1. The first-order valence-corrected chi connectivity index (χ1v) is 5.27. The maximum Gasteiger partial charge on any atom is 0.330 e. The molecule has 0 spiro atoms. The molecule has 0 aliphatic carbocycles. The Labute approximate surface area is 100 Å². The standard InChI is InChI=1S/C13H16O4/c1-8(2)13-10(14)6-9(7-11(13)15)4-5-12(16)17-3/h4-8,14-15H,1-3H3/b5-4+. The fourth-order valence-electron chi connectivity index (χ4n) is 1.56. The minimum atomic E-state index is -0.489. The lowest BCUT2D eigenvalue weighted by Gasteiger charge is -2.11. The molecule has 0 aliphatic rings. The van der Waals surface area contributed by atoms with Gasteiger partial charge in [-0.3, -0.25) is 0 Å². The van der Waals surface area contributed by atoms with E-state index in [9.17, 15) is 15.0 Å². The fraction of sp³-hybridized carbons (Fsp3) is 0.308. The van der Waals surface area contributed by atoms with Gasteiger partial charge in [-0.05, 0) is 29.7 Å². The predicted octanol–water partition coefficient (Wildman–Crippen LogP) is 2.41. The lowest BCUT2D eigenvalue weighted by molar-refractivity contribution is -0.134. The number of carbonyl (C=O) groups excluding carboxylic acids is 1. The molecule has 1 aromatic carbocycles. The molecule has 1 aromatic rings. The molecule has 0 aromatic heterocycles. The second-order valence-corrected chi connectivity index (χ2v) is 3.98. The molecule has 92 valence electrons. The highest BCUT2D eigenvalue weighted by Gasteiger charge is 2.12. The molecule has 0 amide bonds. The molecule has 2 N–H and O–H groups in total.